The monoisotopic (exact) mass is 734 g/mol. The molecule has 0 aliphatic heterocycles. The first-order valence-corrected chi connectivity index (χ1v) is 24.5. The molecule has 2 unspecified atom stereocenters. The number of hydrogen-bond acceptors (Lipinski definition) is 3. The smallest absolute Gasteiger partial charge is 0.305 e. The van der Waals surface area contributed by atoms with Crippen LogP contribution in [0.3, 0.4) is 0 Å². The lowest BCUT2D eigenvalue weighted by molar-refractivity contribution is -0.145. The lowest BCUT2D eigenvalue weighted by atomic mass is 9.95. The molecule has 0 fully saturated rings. The van der Waals surface area contributed by atoms with Crippen LogP contribution in [-0.4, -0.2) is 36.6 Å². The molecule has 0 N–H and O–H groups in total. The van der Waals surface area contributed by atoms with Crippen LogP contribution in [0.25, 0.3) is 0 Å². The first-order chi connectivity index (χ1) is 25.6. The Balaban J connectivity index is 4.26. The molecule has 0 aromatic heterocycles. The Bertz CT molecular complexity index is 680. The maximum atomic E-state index is 12.6. The lowest BCUT2D eigenvalue weighted by Crippen LogP contribution is -2.36. The highest BCUT2D eigenvalue weighted by atomic mass is 16.5. The van der Waals surface area contributed by atoms with Crippen LogP contribution >= 0.6 is 0 Å². The van der Waals surface area contributed by atoms with Crippen molar-refractivity contribution in [2.24, 2.45) is 5.92 Å². The first kappa shape index (κ1) is 51.4. The van der Waals surface area contributed by atoms with Crippen LogP contribution in [-0.2, 0) is 9.53 Å². The topological polar surface area (TPSA) is 29.5 Å². The van der Waals surface area contributed by atoms with Crippen molar-refractivity contribution in [3.05, 3.63) is 0 Å². The summed E-state index contributed by atoms with van der Waals surface area (Å²) < 4.78 is 5.85. The Labute approximate surface area is 329 Å². The molecule has 312 valence electrons. The molecular weight excluding hydrogens is 635 g/mol. The van der Waals surface area contributed by atoms with Crippen molar-refractivity contribution in [1.29, 1.82) is 0 Å². The van der Waals surface area contributed by atoms with Gasteiger partial charge in [0.05, 0.1) is 6.61 Å². The summed E-state index contributed by atoms with van der Waals surface area (Å²) in [5.74, 6) is 0.626. The average molecular weight is 734 g/mol. The number of hydrogen-bond donors (Lipinski definition) is 0. The number of ether oxygens (including phenoxy) is 1. The predicted octanol–water partition coefficient (Wildman–Crippen LogP) is 16.7. The number of esters is 1. The average Bonchev–Trinajstić information content (AvgIpc) is 3.15. The van der Waals surface area contributed by atoms with Crippen LogP contribution in [0.4, 0.5) is 0 Å². The fraction of sp³-hybridized carbons (Fsp3) is 0.980. The van der Waals surface area contributed by atoms with Gasteiger partial charge in [-0.2, -0.15) is 0 Å². The van der Waals surface area contributed by atoms with Gasteiger partial charge in [-0.3, -0.25) is 4.79 Å². The fourth-order valence-electron chi connectivity index (χ4n) is 8.27. The van der Waals surface area contributed by atoms with E-state index in [4.69, 9.17) is 4.74 Å². The Kier molecular flexibility index (Phi) is 42.7. The number of unbranched alkanes of at least 4 members (excludes halogenated alkanes) is 28. The predicted molar refractivity (Wildman–Crippen MR) is 234 cm³/mol. The largest absolute Gasteiger partial charge is 0.465 e. The molecule has 0 aliphatic rings. The van der Waals surface area contributed by atoms with E-state index in [2.05, 4.69) is 39.5 Å². The van der Waals surface area contributed by atoms with Crippen molar-refractivity contribution in [1.82, 2.24) is 4.90 Å². The maximum Gasteiger partial charge on any atom is 0.305 e. The Morgan fingerprint density at radius 1 is 0.404 bits per heavy atom. The third-order valence-electron chi connectivity index (χ3n) is 11.9. The van der Waals surface area contributed by atoms with Crippen molar-refractivity contribution >= 4 is 5.97 Å². The van der Waals surface area contributed by atoms with Crippen molar-refractivity contribution in [2.45, 2.75) is 285 Å². The summed E-state index contributed by atoms with van der Waals surface area (Å²) in [5.41, 5.74) is 0. The van der Waals surface area contributed by atoms with E-state index in [1.54, 1.807) is 0 Å². The van der Waals surface area contributed by atoms with Crippen molar-refractivity contribution in [3.8, 4) is 0 Å². The van der Waals surface area contributed by atoms with Gasteiger partial charge in [-0.1, -0.05) is 234 Å². The highest BCUT2D eigenvalue weighted by molar-refractivity contribution is 5.69. The molecule has 0 aromatic rings. The second-order valence-corrected chi connectivity index (χ2v) is 17.0. The minimum atomic E-state index is 0.0538. The van der Waals surface area contributed by atoms with Crippen molar-refractivity contribution in [2.75, 3.05) is 19.7 Å². The molecule has 0 saturated heterocycles. The molecule has 0 rings (SSSR count). The van der Waals surface area contributed by atoms with Crippen molar-refractivity contribution in [3.63, 3.8) is 0 Å². The van der Waals surface area contributed by atoms with Gasteiger partial charge >= 0.3 is 5.97 Å². The van der Waals surface area contributed by atoms with Gasteiger partial charge in [-0.05, 0) is 57.5 Å². The summed E-state index contributed by atoms with van der Waals surface area (Å²) in [7, 11) is 0. The zero-order chi connectivity index (χ0) is 38.0. The van der Waals surface area contributed by atoms with Gasteiger partial charge in [-0.15, -0.1) is 0 Å². The van der Waals surface area contributed by atoms with Crippen molar-refractivity contribution < 1.29 is 9.53 Å². The van der Waals surface area contributed by atoms with E-state index >= 15 is 0 Å². The van der Waals surface area contributed by atoms with Gasteiger partial charge in [0, 0.05) is 12.5 Å². The second-order valence-electron chi connectivity index (χ2n) is 17.0. The molecule has 3 nitrogen and oxygen atoms in total. The molecule has 0 saturated carbocycles. The SMILES string of the molecule is CCCCCCCCCC(CCCCCCCCCCC(=O)OCC(CCCCCCC)CCCCCCCC)N(CC)CCCCCCCCC. The molecular formula is C49H99NO2. The third kappa shape index (κ3) is 36.4. The summed E-state index contributed by atoms with van der Waals surface area (Å²) in [6.07, 6.45) is 50.8. The summed E-state index contributed by atoms with van der Waals surface area (Å²) in [5, 5.41) is 0. The molecule has 2 atom stereocenters. The zero-order valence-electron chi connectivity index (χ0n) is 36.9. The van der Waals surface area contributed by atoms with Gasteiger partial charge in [-0.25, -0.2) is 0 Å². The Hall–Kier alpha value is -0.570. The zero-order valence-corrected chi connectivity index (χ0v) is 36.9. The second kappa shape index (κ2) is 43.2. The third-order valence-corrected chi connectivity index (χ3v) is 11.9. The molecule has 52 heavy (non-hydrogen) atoms. The van der Waals surface area contributed by atoms with Gasteiger partial charge in [0.15, 0.2) is 0 Å². The molecule has 0 radical (unpaired) electrons. The molecule has 0 spiro atoms. The number of carbonyl (C=O) groups excluding carboxylic acids is 1. The maximum absolute atomic E-state index is 12.6. The minimum absolute atomic E-state index is 0.0538. The van der Waals surface area contributed by atoms with E-state index in [9.17, 15) is 4.79 Å². The van der Waals surface area contributed by atoms with E-state index in [0.717, 1.165) is 12.5 Å². The van der Waals surface area contributed by atoms with E-state index in [1.807, 2.05) is 0 Å². The van der Waals surface area contributed by atoms with Crippen LogP contribution in [0.5, 0.6) is 0 Å². The Morgan fingerprint density at radius 2 is 0.731 bits per heavy atom. The number of carbonyl (C=O) groups is 1. The van der Waals surface area contributed by atoms with Crippen LogP contribution in [0, 0.1) is 5.92 Å². The van der Waals surface area contributed by atoms with E-state index < -0.39 is 0 Å². The summed E-state index contributed by atoms with van der Waals surface area (Å²) in [4.78, 5) is 15.4. The highest BCUT2D eigenvalue weighted by Crippen LogP contribution is 2.22. The van der Waals surface area contributed by atoms with Gasteiger partial charge in [0.2, 0.25) is 0 Å². The van der Waals surface area contributed by atoms with Gasteiger partial charge < -0.3 is 9.64 Å². The molecule has 0 amide bonds. The van der Waals surface area contributed by atoms with E-state index in [0.29, 0.717) is 18.9 Å². The van der Waals surface area contributed by atoms with Gasteiger partial charge in [0.25, 0.3) is 0 Å². The van der Waals surface area contributed by atoms with E-state index in [-0.39, 0.29) is 5.97 Å². The van der Waals surface area contributed by atoms with Crippen LogP contribution in [0.2, 0.25) is 0 Å². The molecule has 0 aromatic carbocycles. The van der Waals surface area contributed by atoms with Crippen LogP contribution < -0.4 is 0 Å². The molecule has 0 bridgehead atoms. The van der Waals surface area contributed by atoms with Gasteiger partial charge in [0.1, 0.15) is 0 Å². The molecule has 0 heterocycles. The summed E-state index contributed by atoms with van der Waals surface area (Å²) in [6.45, 7) is 14.8. The van der Waals surface area contributed by atoms with Crippen LogP contribution in [0.1, 0.15) is 279 Å². The molecule has 0 aliphatic carbocycles. The minimum Gasteiger partial charge on any atom is -0.465 e. The fourth-order valence-corrected chi connectivity index (χ4v) is 8.27. The number of rotatable bonds is 44. The normalized spacial score (nSPS) is 12.9. The summed E-state index contributed by atoms with van der Waals surface area (Å²) >= 11 is 0. The van der Waals surface area contributed by atoms with Crippen LogP contribution in [0.15, 0.2) is 0 Å². The Morgan fingerprint density at radius 3 is 1.12 bits per heavy atom. The lowest BCUT2D eigenvalue weighted by Gasteiger charge is -2.31. The molecule has 3 heteroatoms. The first-order valence-electron chi connectivity index (χ1n) is 24.5. The standard InChI is InChI=1S/C49H99NO2/c1-6-11-15-19-24-30-36-42-48(50(10-5)45-39-33-27-20-16-12-7-2)43-37-31-25-22-23-26-32-38-44-49(51)52-46-47(40-34-28-18-14-9-4)41-35-29-21-17-13-8-3/h47-48H,6-46H2,1-5H3. The summed E-state index contributed by atoms with van der Waals surface area (Å²) in [6, 6.07) is 0.803. The quantitative estimate of drug-likeness (QED) is 0.0461. The number of nitrogens with zero attached hydrogens (tertiary/aromatic N) is 1. The van der Waals surface area contributed by atoms with E-state index in [1.165, 1.54) is 244 Å². The highest BCUT2D eigenvalue weighted by Gasteiger charge is 2.16.